The molecule has 0 saturated carbocycles. The number of hydrazone groups is 1. The summed E-state index contributed by atoms with van der Waals surface area (Å²) in [5.74, 6) is -0.254. The van der Waals surface area contributed by atoms with Gasteiger partial charge in [0, 0.05) is 13.2 Å². The third-order valence-corrected chi connectivity index (χ3v) is 3.08. The van der Waals surface area contributed by atoms with Gasteiger partial charge in [-0.2, -0.15) is 5.10 Å². The van der Waals surface area contributed by atoms with E-state index in [-0.39, 0.29) is 12.5 Å². The van der Waals surface area contributed by atoms with E-state index in [9.17, 15) is 4.79 Å². The van der Waals surface area contributed by atoms with Gasteiger partial charge in [0.05, 0.1) is 17.4 Å². The van der Waals surface area contributed by atoms with Crippen molar-refractivity contribution in [3.05, 3.63) is 48.3 Å². The second-order valence-electron chi connectivity index (χ2n) is 4.57. The van der Waals surface area contributed by atoms with E-state index in [1.54, 1.807) is 10.9 Å². The first kappa shape index (κ1) is 13.0. The highest BCUT2D eigenvalue weighted by Gasteiger charge is 2.07. The first-order valence-corrected chi connectivity index (χ1v) is 6.45. The highest BCUT2D eigenvalue weighted by molar-refractivity contribution is 5.82. The van der Waals surface area contributed by atoms with E-state index in [2.05, 4.69) is 20.8 Å². The number of nitrogens with zero attached hydrogens (tertiary/aromatic N) is 5. The Kier molecular flexibility index (Phi) is 3.46. The summed E-state index contributed by atoms with van der Waals surface area (Å²) in [7, 11) is 1.91. The summed E-state index contributed by atoms with van der Waals surface area (Å²) in [6.45, 7) is 0.0744. The summed E-state index contributed by atoms with van der Waals surface area (Å²) in [5.41, 5.74) is 4.96. The third-order valence-electron chi connectivity index (χ3n) is 3.08. The Balaban J connectivity index is 1.64. The molecule has 21 heavy (non-hydrogen) atoms. The molecule has 0 aliphatic heterocycles. The van der Waals surface area contributed by atoms with Gasteiger partial charge in [0.15, 0.2) is 0 Å². The highest BCUT2D eigenvalue weighted by atomic mass is 16.2. The van der Waals surface area contributed by atoms with Crippen LogP contribution in [-0.2, 0) is 18.4 Å². The number of nitrogens with one attached hydrogen (secondary N) is 1. The molecule has 0 spiro atoms. The predicted molar refractivity (Wildman–Crippen MR) is 78.7 cm³/mol. The lowest BCUT2D eigenvalue weighted by molar-refractivity contribution is -0.121. The smallest absolute Gasteiger partial charge is 0.261 e. The van der Waals surface area contributed by atoms with E-state index >= 15 is 0 Å². The molecule has 3 aromatic rings. The fraction of sp³-hybridized carbons (Fsp3) is 0.143. The Labute approximate surface area is 120 Å². The second kappa shape index (κ2) is 5.58. The van der Waals surface area contributed by atoms with Crippen molar-refractivity contribution in [1.82, 2.24) is 25.0 Å². The van der Waals surface area contributed by atoms with Crippen LogP contribution in [0.5, 0.6) is 0 Å². The number of carbonyl (C=O) groups is 1. The zero-order chi connectivity index (χ0) is 14.7. The highest BCUT2D eigenvalue weighted by Crippen LogP contribution is 2.09. The van der Waals surface area contributed by atoms with Crippen LogP contribution in [0.15, 0.2) is 47.7 Å². The normalized spacial score (nSPS) is 11.3. The molecule has 0 radical (unpaired) electrons. The molecule has 3 rings (SSSR count). The largest absolute Gasteiger partial charge is 0.350 e. The van der Waals surface area contributed by atoms with Crippen molar-refractivity contribution in [1.29, 1.82) is 0 Å². The van der Waals surface area contributed by atoms with Crippen molar-refractivity contribution in [3.63, 3.8) is 0 Å². The predicted octanol–water partition coefficient (Wildman–Crippen LogP) is 0.920. The number of hydrogen-bond acceptors (Lipinski definition) is 4. The van der Waals surface area contributed by atoms with Gasteiger partial charge in [-0.15, -0.1) is 5.10 Å². The lowest BCUT2D eigenvalue weighted by atomic mass is 10.3. The van der Waals surface area contributed by atoms with E-state index < -0.39 is 0 Å². The molecule has 0 unspecified atom stereocenters. The maximum atomic E-state index is 11.8. The number of amides is 1. The van der Waals surface area contributed by atoms with E-state index in [1.807, 2.05) is 54.2 Å². The SMILES string of the molecule is Cn1cccc1C=NNC(=O)Cn1nnc2ccccc21. The maximum absolute atomic E-state index is 11.8. The molecule has 1 amide bonds. The first-order valence-electron chi connectivity index (χ1n) is 6.45. The number of aryl methyl sites for hydroxylation is 1. The van der Waals surface area contributed by atoms with Crippen molar-refractivity contribution in [2.75, 3.05) is 0 Å². The Bertz CT molecular complexity index is 801. The summed E-state index contributed by atoms with van der Waals surface area (Å²) in [6, 6.07) is 11.3. The summed E-state index contributed by atoms with van der Waals surface area (Å²) in [5, 5.41) is 11.9. The molecule has 0 aliphatic rings. The van der Waals surface area contributed by atoms with Gasteiger partial charge in [0.25, 0.3) is 5.91 Å². The molecule has 7 nitrogen and oxygen atoms in total. The van der Waals surface area contributed by atoms with Gasteiger partial charge in [-0.3, -0.25) is 4.79 Å². The standard InChI is InChI=1S/C14H14N6O/c1-19-8-4-5-11(19)9-15-17-14(21)10-20-13-7-3-2-6-12(13)16-18-20/h2-9H,10H2,1H3,(H,17,21). The fourth-order valence-electron chi connectivity index (χ4n) is 1.98. The molecule has 2 heterocycles. The molecule has 106 valence electrons. The number of carbonyl (C=O) groups excluding carboxylic acids is 1. The molecular weight excluding hydrogens is 268 g/mol. The monoisotopic (exact) mass is 282 g/mol. The summed E-state index contributed by atoms with van der Waals surface area (Å²) in [6.07, 6.45) is 3.50. The van der Waals surface area contributed by atoms with Gasteiger partial charge in [-0.1, -0.05) is 17.3 Å². The zero-order valence-corrected chi connectivity index (χ0v) is 11.5. The minimum atomic E-state index is -0.254. The lowest BCUT2D eigenvalue weighted by Crippen LogP contribution is -2.23. The molecule has 7 heteroatoms. The molecular formula is C14H14N6O. The van der Waals surface area contributed by atoms with Crippen LogP contribution in [0.2, 0.25) is 0 Å². The van der Waals surface area contributed by atoms with Crippen LogP contribution in [0.25, 0.3) is 11.0 Å². The Morgan fingerprint density at radius 3 is 3.00 bits per heavy atom. The van der Waals surface area contributed by atoms with Crippen molar-refractivity contribution in [3.8, 4) is 0 Å². The minimum Gasteiger partial charge on any atom is -0.350 e. The number of benzene rings is 1. The van der Waals surface area contributed by atoms with E-state index in [1.165, 1.54) is 0 Å². The van der Waals surface area contributed by atoms with Crippen LogP contribution in [0.1, 0.15) is 5.69 Å². The first-order chi connectivity index (χ1) is 10.2. The van der Waals surface area contributed by atoms with E-state index in [0.29, 0.717) is 0 Å². The van der Waals surface area contributed by atoms with Crippen LogP contribution in [0, 0.1) is 0 Å². The van der Waals surface area contributed by atoms with E-state index in [0.717, 1.165) is 16.7 Å². The van der Waals surface area contributed by atoms with Crippen LogP contribution in [0.3, 0.4) is 0 Å². The molecule has 0 saturated heterocycles. The van der Waals surface area contributed by atoms with Gasteiger partial charge in [0.2, 0.25) is 0 Å². The number of para-hydroxylation sites is 1. The number of rotatable bonds is 4. The summed E-state index contributed by atoms with van der Waals surface area (Å²) >= 11 is 0. The van der Waals surface area contributed by atoms with Gasteiger partial charge in [-0.25, -0.2) is 10.1 Å². The van der Waals surface area contributed by atoms with Crippen molar-refractivity contribution in [2.24, 2.45) is 12.1 Å². The Morgan fingerprint density at radius 2 is 2.19 bits per heavy atom. The quantitative estimate of drug-likeness (QED) is 0.571. The number of aromatic nitrogens is 4. The van der Waals surface area contributed by atoms with Crippen molar-refractivity contribution < 1.29 is 4.79 Å². The molecule has 2 aromatic heterocycles. The third kappa shape index (κ3) is 2.81. The van der Waals surface area contributed by atoms with Crippen LogP contribution >= 0.6 is 0 Å². The van der Waals surface area contributed by atoms with Crippen LogP contribution in [0.4, 0.5) is 0 Å². The Morgan fingerprint density at radius 1 is 1.33 bits per heavy atom. The fourth-order valence-corrected chi connectivity index (χ4v) is 1.98. The van der Waals surface area contributed by atoms with Crippen LogP contribution in [-0.4, -0.2) is 31.7 Å². The number of fused-ring (bicyclic) bond motifs is 1. The summed E-state index contributed by atoms with van der Waals surface area (Å²) in [4.78, 5) is 11.8. The molecule has 1 aromatic carbocycles. The molecule has 0 fully saturated rings. The minimum absolute atomic E-state index is 0.0744. The summed E-state index contributed by atoms with van der Waals surface area (Å²) < 4.78 is 3.45. The van der Waals surface area contributed by atoms with Gasteiger partial charge >= 0.3 is 0 Å². The van der Waals surface area contributed by atoms with Crippen molar-refractivity contribution >= 4 is 23.2 Å². The van der Waals surface area contributed by atoms with E-state index in [4.69, 9.17) is 0 Å². The average molecular weight is 282 g/mol. The lowest BCUT2D eigenvalue weighted by Gasteiger charge is -2.01. The second-order valence-corrected chi connectivity index (χ2v) is 4.57. The molecule has 0 atom stereocenters. The molecule has 0 bridgehead atoms. The molecule has 1 N–H and O–H groups in total. The zero-order valence-electron chi connectivity index (χ0n) is 11.5. The Hall–Kier alpha value is -2.96. The van der Waals surface area contributed by atoms with Crippen molar-refractivity contribution in [2.45, 2.75) is 6.54 Å². The average Bonchev–Trinajstić information content (AvgIpc) is 3.07. The van der Waals surface area contributed by atoms with Gasteiger partial charge < -0.3 is 4.57 Å². The van der Waals surface area contributed by atoms with Gasteiger partial charge in [0.1, 0.15) is 12.1 Å². The number of hydrogen-bond donors (Lipinski definition) is 1. The topological polar surface area (TPSA) is 77.1 Å². The maximum Gasteiger partial charge on any atom is 0.261 e. The van der Waals surface area contributed by atoms with Crippen LogP contribution < -0.4 is 5.43 Å². The molecule has 0 aliphatic carbocycles. The van der Waals surface area contributed by atoms with Gasteiger partial charge in [-0.05, 0) is 24.3 Å².